The molecule has 0 aliphatic heterocycles. The number of hydrogen-bond donors (Lipinski definition) is 1. The molecule has 0 aliphatic rings. The Morgan fingerprint density at radius 1 is 1.20 bits per heavy atom. The Kier molecular flexibility index (Phi) is 3.88. The van der Waals surface area contributed by atoms with Crippen LogP contribution in [0.25, 0.3) is 16.7 Å². The predicted octanol–water partition coefficient (Wildman–Crippen LogP) is 3.86. The summed E-state index contributed by atoms with van der Waals surface area (Å²) in [5, 5.41) is 10.2. The molecule has 0 aliphatic carbocycles. The number of nitrogens with zero attached hydrogens (tertiary/aromatic N) is 3. The van der Waals surface area contributed by atoms with Crippen LogP contribution in [0.2, 0.25) is 0 Å². The van der Waals surface area contributed by atoms with Crippen LogP contribution in [0.1, 0.15) is 27.9 Å². The third kappa shape index (κ3) is 2.31. The Hall–Kier alpha value is -3.07. The van der Waals surface area contributed by atoms with Crippen LogP contribution in [0.15, 0.2) is 12.1 Å². The van der Waals surface area contributed by atoms with E-state index in [4.69, 9.17) is 10.5 Å². The van der Waals surface area contributed by atoms with E-state index in [1.807, 2.05) is 26.8 Å². The van der Waals surface area contributed by atoms with Crippen LogP contribution < -0.4 is 10.5 Å². The Morgan fingerprint density at radius 2 is 1.88 bits per heavy atom. The molecule has 0 spiro atoms. The molecule has 0 amide bonds. The van der Waals surface area contributed by atoms with Gasteiger partial charge in [0, 0.05) is 28.3 Å². The number of methoxy groups -OCH3 is 1. The number of benzene rings is 1. The highest BCUT2D eigenvalue weighted by molar-refractivity contribution is 5.92. The second kappa shape index (κ2) is 5.78. The first-order valence-corrected chi connectivity index (χ1v) is 7.84. The van der Waals surface area contributed by atoms with Crippen molar-refractivity contribution >= 4 is 16.9 Å². The number of fused-ring (bicyclic) bond motifs is 1. The number of halogens is 1. The standard InChI is InChI=1S/C19H19FN4O/c1-9-6-13-14(8-21)18(22)24(19(13)23-12(9)4)17-10(2)15(20)7-16(25-5)11(17)3/h6-7H,22H2,1-5H3. The van der Waals surface area contributed by atoms with Gasteiger partial charge in [-0.1, -0.05) is 0 Å². The molecule has 2 aromatic heterocycles. The van der Waals surface area contributed by atoms with Crippen LogP contribution in [-0.2, 0) is 0 Å². The van der Waals surface area contributed by atoms with Gasteiger partial charge >= 0.3 is 0 Å². The van der Waals surface area contributed by atoms with Gasteiger partial charge in [0.15, 0.2) is 0 Å². The number of hydrogen-bond acceptors (Lipinski definition) is 4. The van der Waals surface area contributed by atoms with Gasteiger partial charge in [0.1, 0.15) is 34.7 Å². The van der Waals surface area contributed by atoms with Crippen molar-refractivity contribution in [2.24, 2.45) is 0 Å². The van der Waals surface area contributed by atoms with E-state index < -0.39 is 5.82 Å². The average Bonchev–Trinajstić information content (AvgIpc) is 2.83. The molecule has 2 heterocycles. The summed E-state index contributed by atoms with van der Waals surface area (Å²) in [5.41, 5.74) is 10.7. The minimum atomic E-state index is -0.402. The van der Waals surface area contributed by atoms with Crippen molar-refractivity contribution < 1.29 is 9.13 Å². The highest BCUT2D eigenvalue weighted by Gasteiger charge is 2.23. The maximum Gasteiger partial charge on any atom is 0.147 e. The number of nitriles is 1. The number of anilines is 1. The largest absolute Gasteiger partial charge is 0.496 e. The number of rotatable bonds is 2. The summed E-state index contributed by atoms with van der Waals surface area (Å²) >= 11 is 0. The van der Waals surface area contributed by atoms with E-state index in [1.165, 1.54) is 13.2 Å². The fourth-order valence-corrected chi connectivity index (χ4v) is 3.14. The molecule has 6 heteroatoms. The van der Waals surface area contributed by atoms with Crippen LogP contribution in [0.3, 0.4) is 0 Å². The lowest BCUT2D eigenvalue weighted by molar-refractivity contribution is 0.407. The lowest BCUT2D eigenvalue weighted by atomic mass is 10.1. The Bertz CT molecular complexity index is 1060. The average molecular weight is 338 g/mol. The summed E-state index contributed by atoms with van der Waals surface area (Å²) in [7, 11) is 1.49. The zero-order valence-electron chi connectivity index (χ0n) is 14.9. The van der Waals surface area contributed by atoms with Gasteiger partial charge in [-0.25, -0.2) is 9.37 Å². The van der Waals surface area contributed by atoms with E-state index >= 15 is 0 Å². The summed E-state index contributed by atoms with van der Waals surface area (Å²) in [6, 6.07) is 5.39. The van der Waals surface area contributed by atoms with Gasteiger partial charge in [-0.05, 0) is 39.3 Å². The highest BCUT2D eigenvalue weighted by atomic mass is 19.1. The van der Waals surface area contributed by atoms with E-state index in [0.29, 0.717) is 33.6 Å². The quantitative estimate of drug-likeness (QED) is 0.770. The fraction of sp³-hybridized carbons (Fsp3) is 0.263. The molecule has 0 saturated carbocycles. The van der Waals surface area contributed by atoms with Gasteiger partial charge in [-0.2, -0.15) is 5.26 Å². The molecule has 128 valence electrons. The molecule has 0 atom stereocenters. The van der Waals surface area contributed by atoms with Crippen molar-refractivity contribution in [3.63, 3.8) is 0 Å². The highest BCUT2D eigenvalue weighted by Crippen LogP contribution is 2.37. The Labute approximate surface area is 145 Å². The molecule has 5 nitrogen and oxygen atoms in total. The second-order valence-corrected chi connectivity index (χ2v) is 6.13. The van der Waals surface area contributed by atoms with E-state index in [2.05, 4.69) is 11.1 Å². The Balaban J connectivity index is 2.54. The van der Waals surface area contributed by atoms with Gasteiger partial charge in [-0.3, -0.25) is 4.57 Å². The van der Waals surface area contributed by atoms with Crippen LogP contribution in [-0.4, -0.2) is 16.7 Å². The molecule has 0 fully saturated rings. The van der Waals surface area contributed by atoms with Crippen molar-refractivity contribution in [1.82, 2.24) is 9.55 Å². The van der Waals surface area contributed by atoms with Crippen molar-refractivity contribution in [3.05, 3.63) is 45.9 Å². The number of aryl methyl sites for hydroxylation is 2. The molecule has 0 radical (unpaired) electrons. The smallest absolute Gasteiger partial charge is 0.147 e. The zero-order chi connectivity index (χ0) is 18.5. The normalized spacial score (nSPS) is 10.9. The number of aromatic nitrogens is 2. The molecule has 0 saturated heterocycles. The molecule has 25 heavy (non-hydrogen) atoms. The molecule has 3 aromatic rings. The topological polar surface area (TPSA) is 76.9 Å². The van der Waals surface area contributed by atoms with Crippen LogP contribution in [0, 0.1) is 44.8 Å². The first-order valence-electron chi connectivity index (χ1n) is 7.84. The third-order valence-electron chi connectivity index (χ3n) is 4.68. The molecule has 2 N–H and O–H groups in total. The predicted molar refractivity (Wildman–Crippen MR) is 95.7 cm³/mol. The molecule has 0 bridgehead atoms. The maximum atomic E-state index is 14.4. The van der Waals surface area contributed by atoms with Gasteiger partial charge in [-0.15, -0.1) is 0 Å². The first kappa shape index (κ1) is 16.8. The second-order valence-electron chi connectivity index (χ2n) is 6.13. The van der Waals surface area contributed by atoms with Crippen LogP contribution in [0.5, 0.6) is 5.75 Å². The van der Waals surface area contributed by atoms with E-state index in [-0.39, 0.29) is 5.82 Å². The van der Waals surface area contributed by atoms with Crippen molar-refractivity contribution in [1.29, 1.82) is 5.26 Å². The number of ether oxygens (including phenoxy) is 1. The van der Waals surface area contributed by atoms with E-state index in [9.17, 15) is 9.65 Å². The molecular formula is C19H19FN4O. The van der Waals surface area contributed by atoms with Gasteiger partial charge in [0.2, 0.25) is 0 Å². The Morgan fingerprint density at radius 3 is 2.48 bits per heavy atom. The van der Waals surface area contributed by atoms with E-state index in [0.717, 1.165) is 16.8 Å². The SMILES string of the molecule is COc1cc(F)c(C)c(-n2c(N)c(C#N)c3cc(C)c(C)nc32)c1C. The minimum Gasteiger partial charge on any atom is -0.496 e. The molecular weight excluding hydrogens is 319 g/mol. The van der Waals surface area contributed by atoms with Crippen LogP contribution in [0.4, 0.5) is 10.2 Å². The first-order chi connectivity index (χ1) is 11.8. The summed E-state index contributed by atoms with van der Waals surface area (Å²) in [5.74, 6) is 0.261. The summed E-state index contributed by atoms with van der Waals surface area (Å²) < 4.78 is 21.4. The maximum absolute atomic E-state index is 14.4. The third-order valence-corrected chi connectivity index (χ3v) is 4.68. The van der Waals surface area contributed by atoms with Gasteiger partial charge in [0.05, 0.1) is 12.8 Å². The van der Waals surface area contributed by atoms with E-state index in [1.54, 1.807) is 11.5 Å². The number of pyridine rings is 1. The lowest BCUT2D eigenvalue weighted by Crippen LogP contribution is -2.08. The zero-order valence-corrected chi connectivity index (χ0v) is 14.9. The van der Waals surface area contributed by atoms with Gasteiger partial charge < -0.3 is 10.5 Å². The molecule has 0 unspecified atom stereocenters. The van der Waals surface area contributed by atoms with Crippen molar-refractivity contribution in [2.75, 3.05) is 12.8 Å². The lowest BCUT2D eigenvalue weighted by Gasteiger charge is -2.17. The number of nitrogens with two attached hydrogens (primary N) is 1. The summed E-state index contributed by atoms with van der Waals surface area (Å²) in [4.78, 5) is 4.62. The van der Waals surface area contributed by atoms with Gasteiger partial charge in [0.25, 0.3) is 0 Å². The van der Waals surface area contributed by atoms with Crippen molar-refractivity contribution in [3.8, 4) is 17.5 Å². The van der Waals surface area contributed by atoms with Crippen molar-refractivity contribution in [2.45, 2.75) is 27.7 Å². The van der Waals surface area contributed by atoms with Crippen LogP contribution >= 0.6 is 0 Å². The summed E-state index contributed by atoms with van der Waals surface area (Å²) in [6.45, 7) is 7.33. The molecule has 3 rings (SSSR count). The molecule has 1 aromatic carbocycles. The summed E-state index contributed by atoms with van der Waals surface area (Å²) in [6.07, 6.45) is 0. The fourth-order valence-electron chi connectivity index (χ4n) is 3.14. The monoisotopic (exact) mass is 338 g/mol. The minimum absolute atomic E-state index is 0.244. The number of nitrogen functional groups attached to an aromatic ring is 1.